The number of ether oxygens (including phenoxy) is 1. The summed E-state index contributed by atoms with van der Waals surface area (Å²) in [7, 11) is -0.393. The summed E-state index contributed by atoms with van der Waals surface area (Å²) in [5, 5.41) is 2.49. The summed E-state index contributed by atoms with van der Waals surface area (Å²) in [6.07, 6.45) is 0. The molecule has 7 nitrogen and oxygen atoms in total. The molecule has 3 rings (SSSR count). The molecule has 0 fully saturated rings. The van der Waals surface area contributed by atoms with Gasteiger partial charge in [-0.05, 0) is 12.1 Å². The summed E-state index contributed by atoms with van der Waals surface area (Å²) in [6, 6.07) is 7.01. The third-order valence-corrected chi connectivity index (χ3v) is 5.17. The van der Waals surface area contributed by atoms with E-state index in [0.29, 0.717) is 17.0 Å². The number of methoxy groups -OCH3 is 1. The molecule has 0 radical (unpaired) electrons. The van der Waals surface area contributed by atoms with Crippen molar-refractivity contribution in [2.45, 2.75) is 11.7 Å². The molecule has 0 saturated carbocycles. The molecule has 0 spiro atoms. The van der Waals surface area contributed by atoms with Crippen LogP contribution in [0.1, 0.15) is 10.5 Å². The molecule has 0 aliphatic carbocycles. The van der Waals surface area contributed by atoms with Gasteiger partial charge in [-0.3, -0.25) is 4.79 Å². The van der Waals surface area contributed by atoms with Crippen molar-refractivity contribution in [3.05, 3.63) is 30.0 Å². The second kappa shape index (κ2) is 5.13. The molecule has 2 heterocycles. The lowest BCUT2D eigenvalue weighted by Crippen LogP contribution is -2.22. The van der Waals surface area contributed by atoms with E-state index >= 15 is 0 Å². The van der Waals surface area contributed by atoms with Crippen molar-refractivity contribution in [1.29, 1.82) is 0 Å². The maximum absolute atomic E-state index is 12.2. The average Bonchev–Trinajstić information content (AvgIpc) is 3.05. The van der Waals surface area contributed by atoms with Crippen LogP contribution in [0, 0.1) is 0 Å². The zero-order valence-corrected chi connectivity index (χ0v) is 13.0. The van der Waals surface area contributed by atoms with Crippen molar-refractivity contribution in [3.8, 4) is 17.0 Å². The molecule has 0 atom stereocenters. The van der Waals surface area contributed by atoms with Crippen LogP contribution in [0.3, 0.4) is 0 Å². The Kier molecular flexibility index (Phi) is 3.40. The number of hydrogen-bond donors (Lipinski definition) is 1. The Morgan fingerprint density at radius 1 is 1.41 bits per heavy atom. The number of benzene rings is 1. The summed E-state index contributed by atoms with van der Waals surface area (Å²) in [5.74, 6) is 0.211. The van der Waals surface area contributed by atoms with E-state index in [4.69, 9.17) is 4.74 Å². The van der Waals surface area contributed by atoms with Crippen LogP contribution in [-0.2, 0) is 16.4 Å². The maximum Gasteiger partial charge on any atom is 0.270 e. The van der Waals surface area contributed by atoms with Gasteiger partial charge in [-0.2, -0.15) is 0 Å². The van der Waals surface area contributed by atoms with Crippen LogP contribution in [0.25, 0.3) is 11.3 Å². The van der Waals surface area contributed by atoms with E-state index in [1.807, 2.05) is 0 Å². The fourth-order valence-electron chi connectivity index (χ4n) is 2.50. The molecular weight excluding hydrogens is 306 g/mol. The highest BCUT2D eigenvalue weighted by molar-refractivity contribution is 7.91. The fourth-order valence-corrected chi connectivity index (χ4v) is 3.85. The Morgan fingerprint density at radius 3 is 2.86 bits per heavy atom. The molecule has 1 aromatic carbocycles. The number of carbonyl (C=O) groups is 1. The summed E-state index contributed by atoms with van der Waals surface area (Å²) >= 11 is 0. The predicted molar refractivity (Wildman–Crippen MR) is 79.7 cm³/mol. The average molecular weight is 321 g/mol. The molecule has 1 aliphatic heterocycles. The monoisotopic (exact) mass is 321 g/mol. The molecule has 0 unspecified atom stereocenters. The molecule has 2 aromatic rings. The van der Waals surface area contributed by atoms with Gasteiger partial charge in [-0.1, -0.05) is 12.1 Å². The second-order valence-corrected chi connectivity index (χ2v) is 6.88. The third-order valence-electron chi connectivity index (χ3n) is 3.58. The Hall–Kier alpha value is -2.35. The highest BCUT2D eigenvalue weighted by Crippen LogP contribution is 2.31. The van der Waals surface area contributed by atoms with Crippen molar-refractivity contribution in [3.63, 3.8) is 0 Å². The lowest BCUT2D eigenvalue weighted by atomic mass is 10.1. The first-order chi connectivity index (χ1) is 10.5. The van der Waals surface area contributed by atoms with Gasteiger partial charge in [0.25, 0.3) is 5.91 Å². The molecule has 1 amide bonds. The number of amides is 1. The smallest absolute Gasteiger partial charge is 0.270 e. The number of rotatable bonds is 3. The van der Waals surface area contributed by atoms with Crippen LogP contribution >= 0.6 is 0 Å². The lowest BCUT2D eigenvalue weighted by molar-refractivity contribution is 0.0954. The topological polar surface area (TPSA) is 90.3 Å². The van der Waals surface area contributed by atoms with E-state index in [2.05, 4.69) is 10.3 Å². The highest BCUT2D eigenvalue weighted by Gasteiger charge is 2.35. The lowest BCUT2D eigenvalue weighted by Gasteiger charge is -2.07. The molecular formula is C14H15N3O4S. The van der Waals surface area contributed by atoms with E-state index in [0.717, 1.165) is 0 Å². The van der Waals surface area contributed by atoms with Gasteiger partial charge in [-0.25, -0.2) is 13.4 Å². The van der Waals surface area contributed by atoms with Gasteiger partial charge in [0, 0.05) is 19.2 Å². The van der Waals surface area contributed by atoms with Gasteiger partial charge in [-0.15, -0.1) is 0 Å². The molecule has 1 aromatic heterocycles. The minimum absolute atomic E-state index is 0.0300. The Balaban J connectivity index is 2.26. The number of sulfone groups is 1. The van der Waals surface area contributed by atoms with Crippen molar-refractivity contribution in [2.24, 2.45) is 0 Å². The molecule has 1 N–H and O–H groups in total. The van der Waals surface area contributed by atoms with Crippen LogP contribution in [0.4, 0.5) is 0 Å². The van der Waals surface area contributed by atoms with E-state index in [-0.39, 0.29) is 29.1 Å². The van der Waals surface area contributed by atoms with Gasteiger partial charge >= 0.3 is 0 Å². The fraction of sp³-hybridized carbons (Fsp3) is 0.286. The molecule has 0 saturated heterocycles. The van der Waals surface area contributed by atoms with Gasteiger partial charge < -0.3 is 14.6 Å². The van der Waals surface area contributed by atoms with Crippen molar-refractivity contribution >= 4 is 15.7 Å². The Bertz CT molecular complexity index is 855. The summed E-state index contributed by atoms with van der Waals surface area (Å²) < 4.78 is 30.7. The summed E-state index contributed by atoms with van der Waals surface area (Å²) in [5.41, 5.74) is 1.23. The predicted octanol–water partition coefficient (Wildman–Crippen LogP) is 0.706. The van der Waals surface area contributed by atoms with E-state index < -0.39 is 9.84 Å². The van der Waals surface area contributed by atoms with Crippen molar-refractivity contribution < 1.29 is 17.9 Å². The van der Waals surface area contributed by atoms with Crippen LogP contribution in [0.5, 0.6) is 5.75 Å². The molecule has 22 heavy (non-hydrogen) atoms. The number of nitrogens with one attached hydrogen (secondary N) is 1. The van der Waals surface area contributed by atoms with Crippen molar-refractivity contribution in [1.82, 2.24) is 14.9 Å². The zero-order valence-electron chi connectivity index (χ0n) is 12.2. The second-order valence-electron chi connectivity index (χ2n) is 4.87. The number of fused-ring (bicyclic) bond motifs is 1. The van der Waals surface area contributed by atoms with E-state index in [1.165, 1.54) is 18.7 Å². The van der Waals surface area contributed by atoms with Gasteiger partial charge in [0.05, 0.1) is 12.9 Å². The Labute approximate surface area is 127 Å². The van der Waals surface area contributed by atoms with Crippen LogP contribution < -0.4 is 10.1 Å². The van der Waals surface area contributed by atoms with Crippen molar-refractivity contribution in [2.75, 3.05) is 19.9 Å². The van der Waals surface area contributed by atoms with E-state index in [9.17, 15) is 13.2 Å². The van der Waals surface area contributed by atoms with E-state index in [1.54, 1.807) is 24.3 Å². The molecule has 0 bridgehead atoms. The molecule has 116 valence electrons. The minimum Gasteiger partial charge on any atom is -0.497 e. The van der Waals surface area contributed by atoms with Gasteiger partial charge in [0.15, 0.2) is 0 Å². The summed E-state index contributed by atoms with van der Waals surface area (Å²) in [4.78, 5) is 16.4. The Morgan fingerprint density at radius 2 is 2.18 bits per heavy atom. The van der Waals surface area contributed by atoms with Crippen LogP contribution in [-0.4, -0.2) is 43.8 Å². The first-order valence-electron chi connectivity index (χ1n) is 6.67. The zero-order chi connectivity index (χ0) is 15.9. The maximum atomic E-state index is 12.2. The minimum atomic E-state index is -3.43. The normalized spacial score (nSPS) is 15.4. The quantitative estimate of drug-likeness (QED) is 0.899. The van der Waals surface area contributed by atoms with Crippen LogP contribution in [0.2, 0.25) is 0 Å². The number of aromatic nitrogens is 2. The number of hydrogen-bond acceptors (Lipinski definition) is 5. The van der Waals surface area contributed by atoms with Crippen LogP contribution in [0.15, 0.2) is 29.4 Å². The molecule has 1 aliphatic rings. The van der Waals surface area contributed by atoms with Gasteiger partial charge in [0.2, 0.25) is 15.0 Å². The number of nitrogens with zero attached hydrogens (tertiary/aromatic N) is 2. The first-order valence-corrected chi connectivity index (χ1v) is 8.33. The highest BCUT2D eigenvalue weighted by atomic mass is 32.2. The summed E-state index contributed by atoms with van der Waals surface area (Å²) in [6.45, 7) is 0.234. The first kappa shape index (κ1) is 14.6. The largest absolute Gasteiger partial charge is 0.497 e. The van der Waals surface area contributed by atoms with Gasteiger partial charge in [0.1, 0.15) is 17.1 Å². The SMILES string of the molecule is CNC(=O)c1c(-c2cccc(OC)c2)nc2n1CCS2(=O)=O. The number of imidazole rings is 1. The number of carbonyl (C=O) groups excluding carboxylic acids is 1. The standard InChI is InChI=1S/C14H15N3O4S/c1-15-13(18)12-11(9-4-3-5-10(8-9)21-2)16-14-17(12)6-7-22(14,19)20/h3-5,8H,6-7H2,1-2H3,(H,15,18). The molecule has 8 heteroatoms. The third kappa shape index (κ3) is 2.16.